The lowest BCUT2D eigenvalue weighted by Gasteiger charge is -2.45. The van der Waals surface area contributed by atoms with Gasteiger partial charge >= 0.3 is 6.03 Å². The first kappa shape index (κ1) is 17.8. The van der Waals surface area contributed by atoms with E-state index in [9.17, 15) is 4.79 Å². The second-order valence-corrected chi connectivity index (χ2v) is 8.21. The molecule has 1 aromatic heterocycles. The molecule has 5 nitrogen and oxygen atoms in total. The summed E-state index contributed by atoms with van der Waals surface area (Å²) in [6.45, 7) is 2.26. The first-order chi connectivity index (χ1) is 12.9. The summed E-state index contributed by atoms with van der Waals surface area (Å²) in [5, 5.41) is 5.26. The number of hydrogen-bond acceptors (Lipinski definition) is 3. The molecule has 1 aliphatic rings. The van der Waals surface area contributed by atoms with Gasteiger partial charge < -0.3 is 10.2 Å². The maximum absolute atomic E-state index is 11.2. The smallest absolute Gasteiger partial charge is 0.332 e. The molecule has 0 saturated heterocycles. The van der Waals surface area contributed by atoms with Crippen LogP contribution in [0, 0.1) is 5.92 Å². The first-order valence-electron chi connectivity index (χ1n) is 8.83. The fraction of sp³-hybridized carbons (Fsp3) is 0.238. The number of halogens is 1. The lowest BCUT2D eigenvalue weighted by Crippen LogP contribution is -2.43. The van der Waals surface area contributed by atoms with E-state index in [0.29, 0.717) is 5.76 Å². The summed E-state index contributed by atoms with van der Waals surface area (Å²) in [6, 6.07) is 17.6. The topological polar surface area (TPSA) is 80.6 Å². The highest BCUT2D eigenvalue weighted by molar-refractivity contribution is 9.10. The summed E-state index contributed by atoms with van der Waals surface area (Å²) in [7, 11) is 0. The van der Waals surface area contributed by atoms with Crippen molar-refractivity contribution >= 4 is 38.6 Å². The highest BCUT2D eigenvalue weighted by Crippen LogP contribution is 2.49. The van der Waals surface area contributed by atoms with Gasteiger partial charge in [-0.1, -0.05) is 53.2 Å². The number of amides is 2. The van der Waals surface area contributed by atoms with Crippen LogP contribution in [-0.2, 0) is 5.41 Å². The minimum Gasteiger partial charge on any atom is -0.455 e. The molecule has 3 N–H and O–H groups in total. The Hall–Kier alpha value is -2.60. The third kappa shape index (κ3) is 3.49. The zero-order chi connectivity index (χ0) is 19.0. The van der Waals surface area contributed by atoms with Crippen molar-refractivity contribution < 1.29 is 9.21 Å². The summed E-state index contributed by atoms with van der Waals surface area (Å²) >= 11 is 3.48. The van der Waals surface area contributed by atoms with Crippen LogP contribution >= 0.6 is 15.9 Å². The van der Waals surface area contributed by atoms with Crippen LogP contribution in [0.2, 0.25) is 0 Å². The molecule has 138 valence electrons. The van der Waals surface area contributed by atoms with Crippen LogP contribution in [0.4, 0.5) is 4.79 Å². The molecular weight excluding hydrogens is 406 g/mol. The maximum Gasteiger partial charge on any atom is 0.332 e. The molecule has 3 aromatic rings. The zero-order valence-electron chi connectivity index (χ0n) is 14.9. The lowest BCUT2D eigenvalue weighted by atomic mass is 9.58. The van der Waals surface area contributed by atoms with Gasteiger partial charge in [-0.25, -0.2) is 10.2 Å². The summed E-state index contributed by atoms with van der Waals surface area (Å²) in [5.41, 5.74) is 10.5. The van der Waals surface area contributed by atoms with Gasteiger partial charge in [0.15, 0.2) is 5.76 Å². The summed E-state index contributed by atoms with van der Waals surface area (Å²) < 4.78 is 6.99. The molecular formula is C21H20BrN3O2. The normalized spacial score (nSPS) is 22.4. The van der Waals surface area contributed by atoms with E-state index in [2.05, 4.69) is 57.6 Å². The molecule has 0 atom stereocenters. The van der Waals surface area contributed by atoms with Crippen LogP contribution in [0.15, 0.2) is 68.6 Å². The van der Waals surface area contributed by atoms with Crippen LogP contribution in [0.3, 0.4) is 0 Å². The van der Waals surface area contributed by atoms with Gasteiger partial charge in [-0.2, -0.15) is 5.10 Å². The number of urea groups is 1. The van der Waals surface area contributed by atoms with Gasteiger partial charge in [0.2, 0.25) is 0 Å². The van der Waals surface area contributed by atoms with Gasteiger partial charge in [-0.3, -0.25) is 0 Å². The van der Waals surface area contributed by atoms with Crippen molar-refractivity contribution in [3.8, 4) is 0 Å². The molecule has 0 radical (unpaired) electrons. The second kappa shape index (κ2) is 6.85. The Labute approximate surface area is 165 Å². The van der Waals surface area contributed by atoms with Crippen LogP contribution in [-0.4, -0.2) is 11.7 Å². The van der Waals surface area contributed by atoms with Crippen molar-refractivity contribution in [3.05, 3.63) is 70.4 Å². The van der Waals surface area contributed by atoms with Crippen LogP contribution in [0.5, 0.6) is 0 Å². The van der Waals surface area contributed by atoms with Crippen LogP contribution in [0.25, 0.3) is 11.0 Å². The number of benzene rings is 2. The third-order valence-corrected chi connectivity index (χ3v) is 5.76. The molecule has 0 spiro atoms. The number of nitrogens with one attached hydrogen (secondary N) is 1. The Balaban J connectivity index is 1.64. The molecule has 0 unspecified atom stereocenters. The molecule has 0 bridgehead atoms. The van der Waals surface area contributed by atoms with Gasteiger partial charge in [0.05, 0.1) is 0 Å². The highest BCUT2D eigenvalue weighted by Gasteiger charge is 2.44. The minimum absolute atomic E-state index is 0.0917. The molecule has 27 heavy (non-hydrogen) atoms. The predicted octanol–water partition coefficient (Wildman–Crippen LogP) is 4.94. The number of nitrogens with zero attached hydrogens (tertiary/aromatic N) is 1. The molecule has 4 rings (SSSR count). The molecule has 1 heterocycles. The fourth-order valence-corrected chi connectivity index (χ4v) is 4.28. The van der Waals surface area contributed by atoms with Crippen molar-refractivity contribution in [2.45, 2.75) is 25.2 Å². The van der Waals surface area contributed by atoms with Crippen molar-refractivity contribution in [1.29, 1.82) is 0 Å². The number of hydrogen-bond donors (Lipinski definition) is 2. The van der Waals surface area contributed by atoms with E-state index in [0.717, 1.165) is 34.0 Å². The van der Waals surface area contributed by atoms with E-state index >= 15 is 0 Å². The van der Waals surface area contributed by atoms with E-state index in [1.807, 2.05) is 30.3 Å². The Morgan fingerprint density at radius 2 is 1.96 bits per heavy atom. The number of fused-ring (bicyclic) bond motifs is 1. The summed E-state index contributed by atoms with van der Waals surface area (Å²) in [5.74, 6) is 0.850. The Morgan fingerprint density at radius 3 is 2.67 bits per heavy atom. The van der Waals surface area contributed by atoms with Crippen molar-refractivity contribution in [2.24, 2.45) is 16.8 Å². The molecule has 2 amide bonds. The standard InChI is InChI=1S/C21H20BrN3O2/c1-21(15-5-3-2-4-6-15)11-14(12-21)19(24-25-20(23)26)18-10-13-9-16(22)7-8-17(13)27-18/h2-10,14H,11-12H2,1H3,(H3,23,25,26)/b24-19-. The number of primary amides is 1. The Kier molecular flexibility index (Phi) is 4.52. The summed E-state index contributed by atoms with van der Waals surface area (Å²) in [4.78, 5) is 11.2. The summed E-state index contributed by atoms with van der Waals surface area (Å²) in [6.07, 6.45) is 1.86. The number of rotatable bonds is 4. The number of furan rings is 1. The quantitative estimate of drug-likeness (QED) is 0.458. The highest BCUT2D eigenvalue weighted by atomic mass is 79.9. The van der Waals surface area contributed by atoms with Crippen molar-refractivity contribution in [1.82, 2.24) is 5.43 Å². The van der Waals surface area contributed by atoms with Crippen molar-refractivity contribution in [2.75, 3.05) is 0 Å². The van der Waals surface area contributed by atoms with Gasteiger partial charge in [-0.05, 0) is 48.1 Å². The fourth-order valence-electron chi connectivity index (χ4n) is 3.90. The number of nitrogens with two attached hydrogens (primary N) is 1. The van der Waals surface area contributed by atoms with Crippen LogP contribution in [0.1, 0.15) is 31.1 Å². The van der Waals surface area contributed by atoms with Gasteiger partial charge in [0, 0.05) is 15.8 Å². The number of carbonyl (C=O) groups is 1. The van der Waals surface area contributed by atoms with Gasteiger partial charge in [0.25, 0.3) is 0 Å². The Morgan fingerprint density at radius 1 is 1.22 bits per heavy atom. The molecule has 1 aliphatic carbocycles. The predicted molar refractivity (Wildman–Crippen MR) is 110 cm³/mol. The van der Waals surface area contributed by atoms with Crippen molar-refractivity contribution in [3.63, 3.8) is 0 Å². The van der Waals surface area contributed by atoms with Gasteiger partial charge in [0.1, 0.15) is 11.3 Å². The molecule has 1 fully saturated rings. The van der Waals surface area contributed by atoms with E-state index < -0.39 is 6.03 Å². The largest absolute Gasteiger partial charge is 0.455 e. The van der Waals surface area contributed by atoms with Gasteiger partial charge in [-0.15, -0.1) is 0 Å². The molecule has 6 heteroatoms. The van der Waals surface area contributed by atoms with E-state index in [4.69, 9.17) is 10.2 Å². The first-order valence-corrected chi connectivity index (χ1v) is 9.62. The van der Waals surface area contributed by atoms with E-state index in [1.165, 1.54) is 5.56 Å². The average Bonchev–Trinajstić information content (AvgIpc) is 3.03. The molecule has 1 saturated carbocycles. The molecule has 2 aromatic carbocycles. The third-order valence-electron chi connectivity index (χ3n) is 5.27. The second-order valence-electron chi connectivity index (χ2n) is 7.30. The maximum atomic E-state index is 11.2. The number of carbonyl (C=O) groups excluding carboxylic acids is 1. The SMILES string of the molecule is CC1(c2ccccc2)CC(/C(=N/NC(N)=O)c2cc3cc(Br)ccc3o2)C1. The monoisotopic (exact) mass is 425 g/mol. The average molecular weight is 426 g/mol. The van der Waals surface area contributed by atoms with Crippen LogP contribution < -0.4 is 11.2 Å². The zero-order valence-corrected chi connectivity index (χ0v) is 16.5. The number of hydrazone groups is 1. The Bertz CT molecular complexity index is 1020. The van der Waals surface area contributed by atoms with E-state index in [1.54, 1.807) is 0 Å². The minimum atomic E-state index is -0.684. The van der Waals surface area contributed by atoms with E-state index in [-0.39, 0.29) is 11.3 Å². The lowest BCUT2D eigenvalue weighted by molar-refractivity contribution is 0.216. The molecule has 0 aliphatic heterocycles.